The molecule has 1 amide bonds. The molecule has 84 valence electrons. The minimum Gasteiger partial charge on any atom is -0.457 e. The third-order valence-electron chi connectivity index (χ3n) is 2.06. The highest BCUT2D eigenvalue weighted by Gasteiger charge is 2.09. The van der Waals surface area contributed by atoms with E-state index in [2.05, 4.69) is 21.2 Å². The van der Waals surface area contributed by atoms with E-state index in [-0.39, 0.29) is 12.0 Å². The number of rotatable bonds is 5. The van der Waals surface area contributed by atoms with Gasteiger partial charge in [0.1, 0.15) is 6.26 Å². The number of carbonyl (C=O) groups excluding carboxylic acids is 1. The molecule has 1 unspecified atom stereocenters. The molecule has 4 nitrogen and oxygen atoms in total. The summed E-state index contributed by atoms with van der Waals surface area (Å²) < 4.78 is 5.47. The summed E-state index contributed by atoms with van der Waals surface area (Å²) >= 11 is 3.12. The van der Waals surface area contributed by atoms with Crippen molar-refractivity contribution in [1.82, 2.24) is 5.32 Å². The molecule has 0 saturated carbocycles. The van der Waals surface area contributed by atoms with E-state index in [4.69, 9.17) is 4.42 Å². The SMILES string of the molecule is CCC(O)CCNC(=O)c1coc(Br)c1. The number of aliphatic hydroxyl groups excluding tert-OH is 1. The zero-order valence-corrected chi connectivity index (χ0v) is 10.1. The van der Waals surface area contributed by atoms with Crippen LogP contribution in [0.15, 0.2) is 21.4 Å². The lowest BCUT2D eigenvalue weighted by Crippen LogP contribution is -2.26. The Hall–Kier alpha value is -0.810. The Bertz CT molecular complexity index is 324. The molecule has 0 radical (unpaired) electrons. The molecule has 0 aromatic carbocycles. The normalized spacial score (nSPS) is 12.5. The van der Waals surface area contributed by atoms with Crippen LogP contribution in [0.3, 0.4) is 0 Å². The van der Waals surface area contributed by atoms with Gasteiger partial charge in [0.15, 0.2) is 4.67 Å². The predicted molar refractivity (Wildman–Crippen MR) is 59.7 cm³/mol. The molecule has 15 heavy (non-hydrogen) atoms. The fourth-order valence-corrected chi connectivity index (χ4v) is 1.43. The summed E-state index contributed by atoms with van der Waals surface area (Å²) in [7, 11) is 0. The zero-order chi connectivity index (χ0) is 11.3. The second kappa shape index (κ2) is 5.92. The predicted octanol–water partition coefficient (Wildman–Crippen LogP) is 1.93. The van der Waals surface area contributed by atoms with Crippen LogP contribution >= 0.6 is 15.9 Å². The van der Waals surface area contributed by atoms with Gasteiger partial charge in [-0.2, -0.15) is 0 Å². The van der Waals surface area contributed by atoms with Crippen LogP contribution in [0, 0.1) is 0 Å². The number of amides is 1. The number of aliphatic hydroxyl groups is 1. The van der Waals surface area contributed by atoms with Crippen LogP contribution in [0.25, 0.3) is 0 Å². The summed E-state index contributed by atoms with van der Waals surface area (Å²) in [5.41, 5.74) is 0.480. The second-order valence-electron chi connectivity index (χ2n) is 3.25. The van der Waals surface area contributed by atoms with Crippen molar-refractivity contribution in [2.45, 2.75) is 25.9 Å². The standard InChI is InChI=1S/C10H14BrNO3/c1-2-8(13)3-4-12-10(14)7-5-9(11)15-6-7/h5-6,8,13H,2-4H2,1H3,(H,12,14). The minimum atomic E-state index is -0.346. The van der Waals surface area contributed by atoms with Crippen molar-refractivity contribution in [3.8, 4) is 0 Å². The van der Waals surface area contributed by atoms with Crippen LogP contribution in [-0.4, -0.2) is 23.7 Å². The first-order chi connectivity index (χ1) is 7.13. The average molecular weight is 276 g/mol. The van der Waals surface area contributed by atoms with Crippen molar-refractivity contribution in [3.63, 3.8) is 0 Å². The van der Waals surface area contributed by atoms with Gasteiger partial charge in [0.25, 0.3) is 5.91 Å². The van der Waals surface area contributed by atoms with Gasteiger partial charge in [-0.15, -0.1) is 0 Å². The van der Waals surface area contributed by atoms with Crippen LogP contribution in [-0.2, 0) is 0 Å². The molecule has 5 heteroatoms. The summed E-state index contributed by atoms with van der Waals surface area (Å²) in [5, 5.41) is 12.0. The van der Waals surface area contributed by atoms with Crippen molar-refractivity contribution >= 4 is 21.8 Å². The Morgan fingerprint density at radius 2 is 2.47 bits per heavy atom. The second-order valence-corrected chi connectivity index (χ2v) is 4.03. The molecule has 0 saturated heterocycles. The van der Waals surface area contributed by atoms with Gasteiger partial charge >= 0.3 is 0 Å². The summed E-state index contributed by atoms with van der Waals surface area (Å²) in [5.74, 6) is -0.187. The van der Waals surface area contributed by atoms with Gasteiger partial charge in [-0.1, -0.05) is 6.92 Å². The molecule has 1 atom stereocenters. The van der Waals surface area contributed by atoms with E-state index in [1.165, 1.54) is 6.26 Å². The topological polar surface area (TPSA) is 62.5 Å². The molecule has 1 heterocycles. The minimum absolute atomic E-state index is 0.187. The van der Waals surface area contributed by atoms with E-state index in [0.717, 1.165) is 0 Å². The molecule has 0 bridgehead atoms. The monoisotopic (exact) mass is 275 g/mol. The van der Waals surface area contributed by atoms with E-state index in [9.17, 15) is 9.90 Å². The average Bonchev–Trinajstić information content (AvgIpc) is 2.64. The van der Waals surface area contributed by atoms with Gasteiger partial charge in [0.2, 0.25) is 0 Å². The first-order valence-electron chi connectivity index (χ1n) is 4.83. The quantitative estimate of drug-likeness (QED) is 0.863. The van der Waals surface area contributed by atoms with Crippen molar-refractivity contribution < 1.29 is 14.3 Å². The summed E-state index contributed by atoms with van der Waals surface area (Å²) in [6.45, 7) is 2.37. The van der Waals surface area contributed by atoms with Gasteiger partial charge in [-0.3, -0.25) is 4.79 Å². The Labute approximate surface area is 96.8 Å². The van der Waals surface area contributed by atoms with E-state index >= 15 is 0 Å². The van der Waals surface area contributed by atoms with Gasteiger partial charge < -0.3 is 14.8 Å². The highest BCUT2D eigenvalue weighted by Crippen LogP contribution is 2.13. The maximum absolute atomic E-state index is 11.5. The van der Waals surface area contributed by atoms with E-state index in [0.29, 0.717) is 29.6 Å². The summed E-state index contributed by atoms with van der Waals surface area (Å²) in [4.78, 5) is 11.5. The molecule has 1 rings (SSSR count). The van der Waals surface area contributed by atoms with E-state index in [1.807, 2.05) is 6.92 Å². The number of halogens is 1. The highest BCUT2D eigenvalue weighted by molar-refractivity contribution is 9.10. The van der Waals surface area contributed by atoms with E-state index < -0.39 is 0 Å². The lowest BCUT2D eigenvalue weighted by Gasteiger charge is -2.07. The molecule has 0 aliphatic rings. The summed E-state index contributed by atoms with van der Waals surface area (Å²) in [6.07, 6.45) is 2.31. The molecule has 1 aromatic heterocycles. The smallest absolute Gasteiger partial charge is 0.254 e. The third-order valence-corrected chi connectivity index (χ3v) is 2.48. The lowest BCUT2D eigenvalue weighted by molar-refractivity contribution is 0.0941. The zero-order valence-electron chi connectivity index (χ0n) is 8.50. The van der Waals surface area contributed by atoms with Gasteiger partial charge in [0, 0.05) is 12.6 Å². The number of carbonyl (C=O) groups is 1. The highest BCUT2D eigenvalue weighted by atomic mass is 79.9. The lowest BCUT2D eigenvalue weighted by atomic mass is 10.2. The molecule has 2 N–H and O–H groups in total. The number of furan rings is 1. The molecule has 0 aliphatic heterocycles. The first kappa shape index (κ1) is 12.3. The molecule has 0 spiro atoms. The third kappa shape index (κ3) is 4.05. The first-order valence-corrected chi connectivity index (χ1v) is 5.63. The van der Waals surface area contributed by atoms with Gasteiger partial charge in [0.05, 0.1) is 11.7 Å². The maximum Gasteiger partial charge on any atom is 0.254 e. The molecular formula is C10H14BrNO3. The van der Waals surface area contributed by atoms with Gasteiger partial charge in [-0.25, -0.2) is 0 Å². The van der Waals surface area contributed by atoms with Crippen LogP contribution in [0.5, 0.6) is 0 Å². The van der Waals surface area contributed by atoms with Crippen LogP contribution in [0.1, 0.15) is 30.1 Å². The van der Waals surface area contributed by atoms with Crippen molar-refractivity contribution in [3.05, 3.63) is 22.6 Å². The number of nitrogens with one attached hydrogen (secondary N) is 1. The molecular weight excluding hydrogens is 262 g/mol. The van der Waals surface area contributed by atoms with Crippen LogP contribution in [0.2, 0.25) is 0 Å². The van der Waals surface area contributed by atoms with Crippen molar-refractivity contribution in [1.29, 1.82) is 0 Å². The Morgan fingerprint density at radius 3 is 3.00 bits per heavy atom. The number of hydrogen-bond acceptors (Lipinski definition) is 3. The Morgan fingerprint density at radius 1 is 1.73 bits per heavy atom. The van der Waals surface area contributed by atoms with E-state index in [1.54, 1.807) is 6.07 Å². The summed E-state index contributed by atoms with van der Waals surface area (Å²) in [6, 6.07) is 1.60. The largest absolute Gasteiger partial charge is 0.457 e. The Balaban J connectivity index is 2.31. The fourth-order valence-electron chi connectivity index (χ4n) is 1.09. The van der Waals surface area contributed by atoms with Gasteiger partial charge in [-0.05, 0) is 28.8 Å². The molecule has 1 aromatic rings. The fraction of sp³-hybridized carbons (Fsp3) is 0.500. The maximum atomic E-state index is 11.5. The Kier molecular flexibility index (Phi) is 4.84. The molecule has 0 aliphatic carbocycles. The van der Waals surface area contributed by atoms with Crippen molar-refractivity contribution in [2.24, 2.45) is 0 Å². The van der Waals surface area contributed by atoms with Crippen molar-refractivity contribution in [2.75, 3.05) is 6.54 Å². The molecule has 0 fully saturated rings. The van der Waals surface area contributed by atoms with Crippen LogP contribution < -0.4 is 5.32 Å². The number of hydrogen-bond donors (Lipinski definition) is 2. The van der Waals surface area contributed by atoms with Crippen LogP contribution in [0.4, 0.5) is 0 Å².